The number of carboxylic acid groups (broad SMARTS) is 1. The zero-order valence-corrected chi connectivity index (χ0v) is 12.1. The maximum Gasteiger partial charge on any atom is 0.335 e. The van der Waals surface area contributed by atoms with E-state index in [4.69, 9.17) is 5.11 Å². The fraction of sp³-hybridized carbons (Fsp3) is 0.588. The van der Waals surface area contributed by atoms with Crippen molar-refractivity contribution in [1.29, 1.82) is 0 Å². The second kappa shape index (κ2) is 5.57. The molecule has 0 radical (unpaired) electrons. The SMILES string of the molecule is Cc1cc(C(=O)O)ccc1CN1CCC2CCCCC21. The van der Waals surface area contributed by atoms with E-state index >= 15 is 0 Å². The minimum absolute atomic E-state index is 0.392. The molecule has 2 atom stereocenters. The number of aryl methyl sites for hydroxylation is 1. The summed E-state index contributed by atoms with van der Waals surface area (Å²) < 4.78 is 0. The van der Waals surface area contributed by atoms with Gasteiger partial charge in [-0.1, -0.05) is 18.9 Å². The van der Waals surface area contributed by atoms with Gasteiger partial charge >= 0.3 is 5.97 Å². The molecule has 3 rings (SSSR count). The third kappa shape index (κ3) is 2.59. The van der Waals surface area contributed by atoms with E-state index in [0.717, 1.165) is 24.1 Å². The minimum Gasteiger partial charge on any atom is -0.478 e. The van der Waals surface area contributed by atoms with E-state index in [1.54, 1.807) is 12.1 Å². The third-order valence-corrected chi connectivity index (χ3v) is 5.09. The first-order valence-electron chi connectivity index (χ1n) is 7.72. The van der Waals surface area contributed by atoms with Crippen molar-refractivity contribution in [2.45, 2.75) is 51.6 Å². The zero-order valence-electron chi connectivity index (χ0n) is 12.1. The summed E-state index contributed by atoms with van der Waals surface area (Å²) in [6, 6.07) is 6.29. The summed E-state index contributed by atoms with van der Waals surface area (Å²) in [6.07, 6.45) is 6.86. The van der Waals surface area contributed by atoms with Gasteiger partial charge in [0.2, 0.25) is 0 Å². The monoisotopic (exact) mass is 273 g/mol. The summed E-state index contributed by atoms with van der Waals surface area (Å²) in [5.41, 5.74) is 2.77. The van der Waals surface area contributed by atoms with E-state index in [9.17, 15) is 4.79 Å². The highest BCUT2D eigenvalue weighted by Gasteiger charge is 2.35. The number of likely N-dealkylation sites (tertiary alicyclic amines) is 1. The fourth-order valence-electron chi connectivity index (χ4n) is 3.92. The molecular weight excluding hydrogens is 250 g/mol. The summed E-state index contributed by atoms with van der Waals surface area (Å²) in [4.78, 5) is 13.6. The average molecular weight is 273 g/mol. The van der Waals surface area contributed by atoms with E-state index in [2.05, 4.69) is 4.90 Å². The number of benzene rings is 1. The van der Waals surface area contributed by atoms with Crippen molar-refractivity contribution in [3.05, 3.63) is 34.9 Å². The van der Waals surface area contributed by atoms with E-state index in [-0.39, 0.29) is 0 Å². The van der Waals surface area contributed by atoms with Gasteiger partial charge in [-0.3, -0.25) is 4.90 Å². The summed E-state index contributed by atoms with van der Waals surface area (Å²) in [7, 11) is 0. The number of nitrogens with zero attached hydrogens (tertiary/aromatic N) is 1. The predicted octanol–water partition coefficient (Wildman–Crippen LogP) is 3.46. The van der Waals surface area contributed by atoms with Crippen LogP contribution in [0.1, 0.15) is 53.6 Å². The van der Waals surface area contributed by atoms with Crippen molar-refractivity contribution in [2.24, 2.45) is 5.92 Å². The van der Waals surface area contributed by atoms with Crippen molar-refractivity contribution in [3.8, 4) is 0 Å². The molecule has 1 aliphatic heterocycles. The second-order valence-electron chi connectivity index (χ2n) is 6.32. The Hall–Kier alpha value is -1.35. The van der Waals surface area contributed by atoms with E-state index in [0.29, 0.717) is 5.56 Å². The molecule has 2 aliphatic rings. The van der Waals surface area contributed by atoms with Gasteiger partial charge in [-0.2, -0.15) is 0 Å². The standard InChI is InChI=1S/C17H23NO2/c1-12-10-14(17(19)20)6-7-15(12)11-18-9-8-13-4-2-3-5-16(13)18/h6-7,10,13,16H,2-5,8-9,11H2,1H3,(H,19,20). The van der Waals surface area contributed by atoms with Gasteiger partial charge < -0.3 is 5.11 Å². The van der Waals surface area contributed by atoms with Crippen molar-refractivity contribution < 1.29 is 9.90 Å². The van der Waals surface area contributed by atoms with E-state index < -0.39 is 5.97 Å². The molecule has 2 fully saturated rings. The van der Waals surface area contributed by atoms with E-state index in [1.165, 1.54) is 44.2 Å². The molecule has 1 aromatic rings. The Morgan fingerprint density at radius 1 is 1.30 bits per heavy atom. The predicted molar refractivity (Wildman–Crippen MR) is 78.9 cm³/mol. The lowest BCUT2D eigenvalue weighted by Gasteiger charge is -2.32. The van der Waals surface area contributed by atoms with Crippen molar-refractivity contribution in [3.63, 3.8) is 0 Å². The zero-order chi connectivity index (χ0) is 14.1. The van der Waals surface area contributed by atoms with Gasteiger partial charge in [0.1, 0.15) is 0 Å². The molecule has 20 heavy (non-hydrogen) atoms. The molecule has 1 aliphatic carbocycles. The van der Waals surface area contributed by atoms with Crippen LogP contribution in [0.2, 0.25) is 0 Å². The number of fused-ring (bicyclic) bond motifs is 1. The average Bonchev–Trinajstić information content (AvgIpc) is 2.84. The van der Waals surface area contributed by atoms with Crippen LogP contribution in [0, 0.1) is 12.8 Å². The topological polar surface area (TPSA) is 40.5 Å². The van der Waals surface area contributed by atoms with E-state index in [1.807, 2.05) is 13.0 Å². The normalized spacial score (nSPS) is 26.4. The van der Waals surface area contributed by atoms with Crippen molar-refractivity contribution in [2.75, 3.05) is 6.54 Å². The van der Waals surface area contributed by atoms with Gasteiger partial charge in [-0.15, -0.1) is 0 Å². The Morgan fingerprint density at radius 2 is 2.10 bits per heavy atom. The number of carboxylic acids is 1. The first-order chi connectivity index (χ1) is 9.65. The Kier molecular flexibility index (Phi) is 3.79. The van der Waals surface area contributed by atoms with Crippen LogP contribution in [0.4, 0.5) is 0 Å². The molecule has 108 valence electrons. The molecule has 0 spiro atoms. The molecule has 1 saturated heterocycles. The molecule has 3 nitrogen and oxygen atoms in total. The lowest BCUT2D eigenvalue weighted by Crippen LogP contribution is -2.34. The molecule has 0 bridgehead atoms. The van der Waals surface area contributed by atoms with Crippen LogP contribution < -0.4 is 0 Å². The van der Waals surface area contributed by atoms with Crippen LogP contribution in [-0.4, -0.2) is 28.6 Å². The molecule has 1 saturated carbocycles. The van der Waals surface area contributed by atoms with Gasteiger partial charge in [0.15, 0.2) is 0 Å². The summed E-state index contributed by atoms with van der Waals surface area (Å²) in [5, 5.41) is 9.03. The molecule has 1 aromatic carbocycles. The quantitative estimate of drug-likeness (QED) is 0.917. The van der Waals surface area contributed by atoms with Crippen LogP contribution in [0.5, 0.6) is 0 Å². The van der Waals surface area contributed by atoms with Gasteiger partial charge in [-0.25, -0.2) is 4.79 Å². The number of hydrogen-bond acceptors (Lipinski definition) is 2. The first kappa shape index (κ1) is 13.6. The number of carbonyl (C=O) groups is 1. The van der Waals surface area contributed by atoms with Gasteiger partial charge in [0.25, 0.3) is 0 Å². The Labute approximate surface area is 120 Å². The van der Waals surface area contributed by atoms with Crippen LogP contribution in [0.3, 0.4) is 0 Å². The molecule has 1 N–H and O–H groups in total. The maximum absolute atomic E-state index is 11.0. The lowest BCUT2D eigenvalue weighted by atomic mass is 9.85. The van der Waals surface area contributed by atoms with Gasteiger partial charge in [0.05, 0.1) is 5.56 Å². The molecule has 0 amide bonds. The molecule has 3 heteroatoms. The Balaban J connectivity index is 1.73. The smallest absolute Gasteiger partial charge is 0.335 e. The van der Waals surface area contributed by atoms with Crippen LogP contribution in [0.15, 0.2) is 18.2 Å². The maximum atomic E-state index is 11.0. The number of rotatable bonds is 3. The van der Waals surface area contributed by atoms with Crippen LogP contribution in [-0.2, 0) is 6.54 Å². The second-order valence-corrected chi connectivity index (χ2v) is 6.32. The highest BCUT2D eigenvalue weighted by molar-refractivity contribution is 5.87. The molecule has 2 unspecified atom stereocenters. The first-order valence-corrected chi connectivity index (χ1v) is 7.72. The summed E-state index contributed by atoms with van der Waals surface area (Å²) in [5.74, 6) is 0.0653. The van der Waals surface area contributed by atoms with Crippen molar-refractivity contribution in [1.82, 2.24) is 4.90 Å². The highest BCUT2D eigenvalue weighted by Crippen LogP contribution is 2.37. The Morgan fingerprint density at radius 3 is 2.85 bits per heavy atom. The van der Waals surface area contributed by atoms with Gasteiger partial charge in [-0.05, 0) is 61.9 Å². The van der Waals surface area contributed by atoms with Crippen LogP contribution >= 0.6 is 0 Å². The number of hydrogen-bond donors (Lipinski definition) is 1. The molecule has 1 heterocycles. The highest BCUT2D eigenvalue weighted by atomic mass is 16.4. The molecule has 0 aromatic heterocycles. The lowest BCUT2D eigenvalue weighted by molar-refractivity contribution is 0.0696. The summed E-state index contributed by atoms with van der Waals surface area (Å²) in [6.45, 7) is 4.21. The third-order valence-electron chi connectivity index (χ3n) is 5.09. The fourth-order valence-corrected chi connectivity index (χ4v) is 3.92. The van der Waals surface area contributed by atoms with Crippen molar-refractivity contribution >= 4 is 5.97 Å². The largest absolute Gasteiger partial charge is 0.478 e. The number of aromatic carboxylic acids is 1. The van der Waals surface area contributed by atoms with Crippen LogP contribution in [0.25, 0.3) is 0 Å². The minimum atomic E-state index is -0.840. The molecular formula is C17H23NO2. The summed E-state index contributed by atoms with van der Waals surface area (Å²) >= 11 is 0. The van der Waals surface area contributed by atoms with Gasteiger partial charge in [0, 0.05) is 12.6 Å². The Bertz CT molecular complexity index is 512.